The van der Waals surface area contributed by atoms with Crippen molar-refractivity contribution in [2.45, 2.75) is 11.1 Å². The van der Waals surface area contributed by atoms with Crippen LogP contribution in [0.25, 0.3) is 33.2 Å². The molecule has 0 spiro atoms. The predicted octanol–water partition coefficient (Wildman–Crippen LogP) is 5.94. The zero-order valence-corrected chi connectivity index (χ0v) is 22.3. The molecular weight excluding hydrogens is 580 g/mol. The van der Waals surface area contributed by atoms with Gasteiger partial charge in [0.05, 0.1) is 17.7 Å². The SMILES string of the molecule is COc1cc(-c2cccc(F)c2)ccc1-c1nccc2cc(S(=O)(=O)Nc3ccncn3)ccc12.O=C(O)C(F)(F)F. The summed E-state index contributed by atoms with van der Waals surface area (Å²) >= 11 is 0. The molecule has 2 N–H and O–H groups in total. The van der Waals surface area contributed by atoms with E-state index in [0.717, 1.165) is 22.1 Å². The number of methoxy groups -OCH3 is 1. The normalized spacial score (nSPS) is 11.4. The molecule has 5 aromatic rings. The Morgan fingerprint density at radius 2 is 1.67 bits per heavy atom. The van der Waals surface area contributed by atoms with Crippen molar-refractivity contribution in [2.24, 2.45) is 0 Å². The van der Waals surface area contributed by atoms with E-state index in [9.17, 15) is 26.0 Å². The summed E-state index contributed by atoms with van der Waals surface area (Å²) in [6.45, 7) is 0. The summed E-state index contributed by atoms with van der Waals surface area (Å²) in [5.41, 5.74) is 2.90. The Kier molecular flexibility index (Phi) is 8.66. The molecule has 3 aromatic carbocycles. The first kappa shape index (κ1) is 29.9. The van der Waals surface area contributed by atoms with Crippen molar-refractivity contribution in [3.05, 3.63) is 97.3 Å². The summed E-state index contributed by atoms with van der Waals surface area (Å²) in [6, 6.07) is 19.9. The number of aliphatic carboxylic acids is 1. The maximum atomic E-state index is 13.7. The summed E-state index contributed by atoms with van der Waals surface area (Å²) in [7, 11) is -2.29. The van der Waals surface area contributed by atoms with Crippen LogP contribution in [0.2, 0.25) is 0 Å². The molecule has 0 fully saturated rings. The molecule has 42 heavy (non-hydrogen) atoms. The maximum Gasteiger partial charge on any atom is 0.490 e. The quantitative estimate of drug-likeness (QED) is 0.229. The molecule has 2 aromatic heterocycles. The zero-order chi connectivity index (χ0) is 30.5. The van der Waals surface area contributed by atoms with Gasteiger partial charge >= 0.3 is 12.1 Å². The minimum Gasteiger partial charge on any atom is -0.496 e. The fourth-order valence-corrected chi connectivity index (χ4v) is 4.86. The van der Waals surface area contributed by atoms with Gasteiger partial charge in [-0.1, -0.05) is 24.3 Å². The number of halogens is 4. The molecule has 0 saturated carbocycles. The predicted molar refractivity (Wildman–Crippen MR) is 146 cm³/mol. The van der Waals surface area contributed by atoms with E-state index in [-0.39, 0.29) is 16.5 Å². The Balaban J connectivity index is 0.000000517. The first-order chi connectivity index (χ1) is 19.9. The van der Waals surface area contributed by atoms with Gasteiger partial charge < -0.3 is 9.84 Å². The highest BCUT2D eigenvalue weighted by Gasteiger charge is 2.38. The highest BCUT2D eigenvalue weighted by Crippen LogP contribution is 2.37. The highest BCUT2D eigenvalue weighted by molar-refractivity contribution is 7.92. The molecule has 0 bridgehead atoms. The van der Waals surface area contributed by atoms with Crippen molar-refractivity contribution < 1.29 is 40.6 Å². The van der Waals surface area contributed by atoms with Gasteiger partial charge in [-0.05, 0) is 65.0 Å². The van der Waals surface area contributed by atoms with Crippen molar-refractivity contribution in [2.75, 3.05) is 11.8 Å². The number of rotatable bonds is 6. The van der Waals surface area contributed by atoms with Crippen LogP contribution in [-0.4, -0.2) is 47.7 Å². The van der Waals surface area contributed by atoms with Crippen LogP contribution >= 0.6 is 0 Å². The molecule has 9 nitrogen and oxygen atoms in total. The molecular formula is C28H20F4N4O5S. The number of benzene rings is 3. The molecule has 0 unspecified atom stereocenters. The van der Waals surface area contributed by atoms with Gasteiger partial charge in [0.2, 0.25) is 0 Å². The average Bonchev–Trinajstić information content (AvgIpc) is 2.96. The van der Waals surface area contributed by atoms with Gasteiger partial charge in [-0.2, -0.15) is 13.2 Å². The second-order valence-corrected chi connectivity index (χ2v) is 10.2. The third-order valence-corrected chi connectivity index (χ3v) is 7.08. The lowest BCUT2D eigenvalue weighted by molar-refractivity contribution is -0.192. The van der Waals surface area contributed by atoms with Crippen molar-refractivity contribution in [3.63, 3.8) is 0 Å². The number of hydrogen-bond acceptors (Lipinski definition) is 7. The molecule has 0 aliphatic heterocycles. The van der Waals surface area contributed by atoms with Crippen LogP contribution in [-0.2, 0) is 14.8 Å². The minimum absolute atomic E-state index is 0.0918. The molecule has 0 radical (unpaired) electrons. The third-order valence-electron chi connectivity index (χ3n) is 5.72. The summed E-state index contributed by atoms with van der Waals surface area (Å²) in [6.07, 6.45) is -0.745. The summed E-state index contributed by atoms with van der Waals surface area (Å²) in [4.78, 5) is 21.2. The van der Waals surface area contributed by atoms with E-state index in [0.29, 0.717) is 16.8 Å². The van der Waals surface area contributed by atoms with Gasteiger partial charge in [0, 0.05) is 23.3 Å². The standard InChI is InChI=1S/C26H19FN4O3S.C2HF3O2/c1-34-24-15-18(17-3-2-4-20(27)13-17)5-7-23(24)26-22-8-6-21(14-19(22)9-12-29-26)35(32,33)31-25-10-11-28-16-30-25;3-2(4,5)1(6)7/h2-16H,1H3,(H,28,30,31);(H,6,7). The van der Waals surface area contributed by atoms with Crippen LogP contribution in [0.3, 0.4) is 0 Å². The molecule has 0 amide bonds. The summed E-state index contributed by atoms with van der Waals surface area (Å²) in [5, 5.41) is 8.57. The molecule has 0 aliphatic rings. The van der Waals surface area contributed by atoms with Gasteiger partial charge in [-0.15, -0.1) is 0 Å². The number of carbonyl (C=O) groups is 1. The average molecular weight is 601 g/mol. The van der Waals surface area contributed by atoms with E-state index in [2.05, 4.69) is 19.7 Å². The van der Waals surface area contributed by atoms with Crippen molar-refractivity contribution in [1.29, 1.82) is 0 Å². The molecule has 2 heterocycles. The number of pyridine rings is 1. The third kappa shape index (κ3) is 6.96. The lowest BCUT2D eigenvalue weighted by atomic mass is 9.99. The van der Waals surface area contributed by atoms with Gasteiger partial charge in [-0.25, -0.2) is 27.6 Å². The summed E-state index contributed by atoms with van der Waals surface area (Å²) in [5.74, 6) is -2.33. The van der Waals surface area contributed by atoms with Crippen molar-refractivity contribution in [3.8, 4) is 28.1 Å². The molecule has 5 rings (SSSR count). The Bertz CT molecular complexity index is 1850. The van der Waals surface area contributed by atoms with E-state index in [1.54, 1.807) is 37.6 Å². The Morgan fingerprint density at radius 3 is 2.31 bits per heavy atom. The number of nitrogens with zero attached hydrogens (tertiary/aromatic N) is 3. The number of carboxylic acid groups (broad SMARTS) is 1. The number of alkyl halides is 3. The fourth-order valence-electron chi connectivity index (χ4n) is 3.82. The van der Waals surface area contributed by atoms with Gasteiger partial charge in [0.25, 0.3) is 10.0 Å². The molecule has 0 aliphatic carbocycles. The Labute approximate surface area is 236 Å². The lowest BCUT2D eigenvalue weighted by Gasteiger charge is -2.13. The number of sulfonamides is 1. The highest BCUT2D eigenvalue weighted by atomic mass is 32.2. The number of fused-ring (bicyclic) bond motifs is 1. The number of ether oxygens (including phenoxy) is 1. The fraction of sp³-hybridized carbons (Fsp3) is 0.0714. The topological polar surface area (TPSA) is 131 Å². The number of aromatic nitrogens is 3. The second-order valence-electron chi connectivity index (χ2n) is 8.47. The number of carboxylic acids is 1. The van der Waals surface area contributed by atoms with Crippen molar-refractivity contribution in [1.82, 2.24) is 15.0 Å². The van der Waals surface area contributed by atoms with Gasteiger partial charge in [0.1, 0.15) is 23.7 Å². The van der Waals surface area contributed by atoms with E-state index < -0.39 is 22.2 Å². The first-order valence-electron chi connectivity index (χ1n) is 11.8. The Hall–Kier alpha value is -5.11. The van der Waals surface area contributed by atoms with Crippen LogP contribution in [0.4, 0.5) is 23.4 Å². The zero-order valence-electron chi connectivity index (χ0n) is 21.5. The van der Waals surface area contributed by atoms with E-state index in [1.165, 1.54) is 36.8 Å². The van der Waals surface area contributed by atoms with Gasteiger partial charge in [-0.3, -0.25) is 9.71 Å². The van der Waals surface area contributed by atoms with Crippen LogP contribution in [0.5, 0.6) is 5.75 Å². The van der Waals surface area contributed by atoms with Crippen LogP contribution in [0, 0.1) is 5.82 Å². The van der Waals surface area contributed by atoms with E-state index in [4.69, 9.17) is 14.6 Å². The van der Waals surface area contributed by atoms with Crippen LogP contribution in [0.15, 0.2) is 96.4 Å². The second kappa shape index (κ2) is 12.2. The number of anilines is 1. The van der Waals surface area contributed by atoms with E-state index >= 15 is 0 Å². The lowest BCUT2D eigenvalue weighted by Crippen LogP contribution is -2.21. The number of nitrogens with one attached hydrogen (secondary N) is 1. The smallest absolute Gasteiger partial charge is 0.490 e. The van der Waals surface area contributed by atoms with Crippen molar-refractivity contribution >= 4 is 32.6 Å². The molecule has 14 heteroatoms. The number of hydrogen-bond donors (Lipinski definition) is 2. The molecule has 216 valence electrons. The summed E-state index contributed by atoms with van der Waals surface area (Å²) < 4.78 is 79.2. The monoisotopic (exact) mass is 600 g/mol. The first-order valence-corrected chi connectivity index (χ1v) is 13.3. The van der Waals surface area contributed by atoms with Crippen LogP contribution < -0.4 is 9.46 Å². The molecule has 0 saturated heterocycles. The van der Waals surface area contributed by atoms with Crippen LogP contribution in [0.1, 0.15) is 0 Å². The molecule has 0 atom stereocenters. The van der Waals surface area contributed by atoms with Gasteiger partial charge in [0.15, 0.2) is 0 Å². The van der Waals surface area contributed by atoms with E-state index in [1.807, 2.05) is 24.3 Å². The largest absolute Gasteiger partial charge is 0.496 e. The Morgan fingerprint density at radius 1 is 0.929 bits per heavy atom. The maximum absolute atomic E-state index is 13.7. The minimum atomic E-state index is -5.08.